The quantitative estimate of drug-likeness (QED) is 0.173. The molecule has 4 aliphatic rings. The Morgan fingerprint density at radius 2 is 1.60 bits per heavy atom. The first-order valence-corrected chi connectivity index (χ1v) is 20.9. The molecule has 12 nitrogen and oxygen atoms in total. The van der Waals surface area contributed by atoms with Crippen LogP contribution in [0.2, 0.25) is 0 Å². The third-order valence-electron chi connectivity index (χ3n) is 12.6. The molecule has 2 saturated heterocycles. The molecule has 0 spiro atoms. The van der Waals surface area contributed by atoms with Gasteiger partial charge in [0.1, 0.15) is 18.2 Å². The number of hydrogen-bond acceptors (Lipinski definition) is 11. The summed E-state index contributed by atoms with van der Waals surface area (Å²) < 4.78 is 35.8. The number of piperidine rings is 1. The van der Waals surface area contributed by atoms with Crippen LogP contribution < -0.4 is 0 Å². The van der Waals surface area contributed by atoms with E-state index in [1.807, 2.05) is 26.8 Å². The molecule has 13 unspecified atom stereocenters. The first-order chi connectivity index (χ1) is 27.1. The molecule has 320 valence electrons. The molecular weight excluding hydrogens is 730 g/mol. The average molecular weight is 800 g/mol. The van der Waals surface area contributed by atoms with Crippen molar-refractivity contribution in [3.05, 3.63) is 48.1 Å². The fraction of sp³-hybridized carbons (Fsp3) is 0.733. The lowest BCUT2D eigenvalue weighted by Gasteiger charge is -2.47. The van der Waals surface area contributed by atoms with Gasteiger partial charge in [-0.05, 0) is 102 Å². The van der Waals surface area contributed by atoms with Crippen LogP contribution in [-0.2, 0) is 47.6 Å². The predicted octanol–water partition coefficient (Wildman–Crippen LogP) is 6.10. The highest BCUT2D eigenvalue weighted by Gasteiger charge is 2.56. The van der Waals surface area contributed by atoms with Gasteiger partial charge in [-0.25, -0.2) is 4.79 Å². The van der Waals surface area contributed by atoms with E-state index in [9.17, 15) is 24.3 Å². The van der Waals surface area contributed by atoms with Gasteiger partial charge in [-0.2, -0.15) is 0 Å². The molecule has 12 heteroatoms. The van der Waals surface area contributed by atoms with Gasteiger partial charge in [-0.15, -0.1) is 6.58 Å². The highest BCUT2D eigenvalue weighted by molar-refractivity contribution is 6.39. The van der Waals surface area contributed by atoms with Gasteiger partial charge in [0.15, 0.2) is 5.78 Å². The molecule has 0 radical (unpaired) electrons. The fourth-order valence-electron chi connectivity index (χ4n) is 9.38. The van der Waals surface area contributed by atoms with Crippen molar-refractivity contribution >= 4 is 23.4 Å². The van der Waals surface area contributed by atoms with Crippen molar-refractivity contribution in [1.29, 1.82) is 0 Å². The molecule has 0 aromatic rings. The number of carbonyl (C=O) groups excluding carboxylic acids is 4. The highest BCUT2D eigenvalue weighted by atomic mass is 16.7. The molecular formula is C45H69NO11. The lowest BCUT2D eigenvalue weighted by molar-refractivity contribution is -0.302. The second-order valence-electron chi connectivity index (χ2n) is 17.0. The molecule has 1 saturated carbocycles. The lowest BCUT2D eigenvalue weighted by atomic mass is 9.82. The topological polar surface area (TPSA) is 147 Å². The van der Waals surface area contributed by atoms with Crippen LogP contribution >= 0.6 is 0 Å². The van der Waals surface area contributed by atoms with Crippen LogP contribution in [0.15, 0.2) is 48.1 Å². The number of allylic oxidation sites excluding steroid dienone is 5. The summed E-state index contributed by atoms with van der Waals surface area (Å²) in [4.78, 5) is 57.8. The number of cyclic esters (lactones) is 1. The third-order valence-corrected chi connectivity index (χ3v) is 12.6. The first-order valence-electron chi connectivity index (χ1n) is 20.9. The number of fused-ring (bicyclic) bond motifs is 3. The van der Waals surface area contributed by atoms with Crippen molar-refractivity contribution in [2.45, 2.75) is 147 Å². The monoisotopic (exact) mass is 799 g/mol. The summed E-state index contributed by atoms with van der Waals surface area (Å²) in [6.07, 6.45) is 12.1. The van der Waals surface area contributed by atoms with Crippen molar-refractivity contribution in [3.8, 4) is 0 Å². The molecule has 0 aromatic carbocycles. The lowest BCUT2D eigenvalue weighted by Crippen LogP contribution is -2.64. The molecule has 57 heavy (non-hydrogen) atoms. The van der Waals surface area contributed by atoms with Gasteiger partial charge in [0.2, 0.25) is 5.79 Å². The zero-order valence-corrected chi connectivity index (χ0v) is 35.8. The largest absolute Gasteiger partial charge is 0.456 e. The summed E-state index contributed by atoms with van der Waals surface area (Å²) in [5.74, 6) is -6.80. The van der Waals surface area contributed by atoms with Crippen LogP contribution in [0.25, 0.3) is 0 Å². The van der Waals surface area contributed by atoms with Crippen LogP contribution in [0.5, 0.6) is 0 Å². The van der Waals surface area contributed by atoms with Crippen molar-refractivity contribution in [2.75, 3.05) is 35.0 Å². The zero-order valence-electron chi connectivity index (χ0n) is 35.8. The Bertz CT molecular complexity index is 1510. The van der Waals surface area contributed by atoms with E-state index in [0.29, 0.717) is 32.1 Å². The Balaban J connectivity index is 1.77. The van der Waals surface area contributed by atoms with E-state index in [0.717, 1.165) is 30.4 Å². The molecule has 0 aromatic heterocycles. The predicted molar refractivity (Wildman–Crippen MR) is 216 cm³/mol. The minimum atomic E-state index is -2.47. The Morgan fingerprint density at radius 1 is 0.930 bits per heavy atom. The maximum Gasteiger partial charge on any atom is 0.329 e. The van der Waals surface area contributed by atoms with Gasteiger partial charge < -0.3 is 38.4 Å². The van der Waals surface area contributed by atoms with Gasteiger partial charge in [0, 0.05) is 52.7 Å². The van der Waals surface area contributed by atoms with Gasteiger partial charge in [0.05, 0.1) is 24.4 Å². The minimum absolute atomic E-state index is 0.00413. The molecule has 3 heterocycles. The number of rotatable bonds is 8. The standard InChI is InChI=1S/C45H69NO11/c1-11-14-33-22-27(2)21-28(3)23-38(54-9)41-39(55-10)25-31(6)45(51,57-41)42(48)43(49)46-20-13-12-15-34(46)44(50)56-40(29(4)16-18-35(33)47)30(5)24-32-17-19-36(52-7)37(26-32)53-8/h11,16,18,22,24,28-29,31-34,36-41,51H,1,12-15,17,19-21,23,25-26H2,2-10H3. The van der Waals surface area contributed by atoms with E-state index in [4.69, 9.17) is 28.4 Å². The Labute approximate surface area is 340 Å². The molecule has 1 amide bonds. The van der Waals surface area contributed by atoms with E-state index in [2.05, 4.69) is 19.6 Å². The van der Waals surface area contributed by atoms with Gasteiger partial charge >= 0.3 is 5.97 Å². The number of Topliss-reactive ketones (excluding diaryl/α,β-unsaturated/α-hetero) is 1. The zero-order chi connectivity index (χ0) is 42.0. The number of esters is 1. The number of ketones is 2. The van der Waals surface area contributed by atoms with Crippen molar-refractivity contribution in [2.24, 2.45) is 29.6 Å². The smallest absolute Gasteiger partial charge is 0.329 e. The molecule has 4 rings (SSSR count). The number of amides is 1. The number of aliphatic hydroxyl groups is 1. The van der Waals surface area contributed by atoms with E-state index in [-0.39, 0.29) is 49.2 Å². The molecule has 1 N–H and O–H groups in total. The summed E-state index contributed by atoms with van der Waals surface area (Å²) in [5, 5.41) is 12.0. The van der Waals surface area contributed by atoms with E-state index < -0.39 is 71.7 Å². The second-order valence-corrected chi connectivity index (χ2v) is 17.0. The summed E-state index contributed by atoms with van der Waals surface area (Å²) in [6.45, 7) is 13.6. The van der Waals surface area contributed by atoms with Gasteiger partial charge in [-0.3, -0.25) is 14.4 Å². The first kappa shape index (κ1) is 46.7. The maximum atomic E-state index is 14.3. The number of nitrogens with zero attached hydrogens (tertiary/aromatic N) is 1. The highest BCUT2D eigenvalue weighted by Crippen LogP contribution is 2.39. The SMILES string of the molecule is C=CCC1C=C(C)CC(C)CC(OC)C2OC(O)(C(=O)C(=O)N3CCCCC3C(=O)OC(C(C)=CC3CCC(OC)C(OC)C3)C(C)C=CC1=O)C(C)CC2OC. The normalized spacial score (nSPS) is 38.5. The number of ether oxygens (including phenoxy) is 6. The number of carbonyl (C=O) groups is 4. The third kappa shape index (κ3) is 11.4. The Morgan fingerprint density at radius 3 is 2.25 bits per heavy atom. The molecule has 3 aliphatic heterocycles. The van der Waals surface area contributed by atoms with E-state index >= 15 is 0 Å². The van der Waals surface area contributed by atoms with Crippen LogP contribution in [0.1, 0.15) is 98.8 Å². The summed E-state index contributed by atoms with van der Waals surface area (Å²) >= 11 is 0. The Hall–Kier alpha value is -3.00. The number of methoxy groups -OCH3 is 4. The van der Waals surface area contributed by atoms with Crippen LogP contribution in [0.4, 0.5) is 0 Å². The minimum Gasteiger partial charge on any atom is -0.456 e. The summed E-state index contributed by atoms with van der Waals surface area (Å²) in [5.41, 5.74) is 1.83. The Kier molecular flexibility index (Phi) is 17.5. The molecule has 1 aliphatic carbocycles. The van der Waals surface area contributed by atoms with Gasteiger partial charge in [-0.1, -0.05) is 50.6 Å². The van der Waals surface area contributed by atoms with Gasteiger partial charge in [0.25, 0.3) is 11.7 Å². The van der Waals surface area contributed by atoms with Crippen molar-refractivity contribution in [1.82, 2.24) is 4.90 Å². The summed E-state index contributed by atoms with van der Waals surface area (Å²) in [6, 6.07) is -1.06. The molecule has 2 bridgehead atoms. The molecule has 13 atom stereocenters. The van der Waals surface area contributed by atoms with Crippen LogP contribution in [0, 0.1) is 29.6 Å². The van der Waals surface area contributed by atoms with E-state index in [1.165, 1.54) is 4.90 Å². The average Bonchev–Trinajstić information content (AvgIpc) is 3.20. The second kappa shape index (κ2) is 21.3. The fourth-order valence-corrected chi connectivity index (χ4v) is 9.38. The van der Waals surface area contributed by atoms with Crippen molar-refractivity contribution < 1.29 is 52.7 Å². The van der Waals surface area contributed by atoms with Crippen molar-refractivity contribution in [3.63, 3.8) is 0 Å². The number of hydrogen-bond donors (Lipinski definition) is 1. The van der Waals surface area contributed by atoms with E-state index in [1.54, 1.807) is 53.6 Å². The maximum absolute atomic E-state index is 14.3. The summed E-state index contributed by atoms with van der Waals surface area (Å²) in [7, 11) is 6.46. The van der Waals surface area contributed by atoms with Crippen LogP contribution in [0.3, 0.4) is 0 Å². The molecule has 3 fully saturated rings. The van der Waals surface area contributed by atoms with Crippen LogP contribution in [-0.4, -0.2) is 117 Å².